The van der Waals surface area contributed by atoms with Crippen molar-refractivity contribution in [3.8, 4) is 0 Å². The molecule has 0 aromatic heterocycles. The van der Waals surface area contributed by atoms with E-state index in [0.29, 0.717) is 0 Å². The molecule has 32 heavy (non-hydrogen) atoms. The normalized spacial score (nSPS) is 35.8. The average Bonchev–Trinajstić information content (AvgIpc) is 2.72. The van der Waals surface area contributed by atoms with Crippen LogP contribution in [0.5, 0.6) is 0 Å². The second kappa shape index (κ2) is 11.0. The second-order valence-corrected chi connectivity index (χ2v) is 7.50. The Hall–Kier alpha value is -2.29. The zero-order chi connectivity index (χ0) is 24.2. The van der Waals surface area contributed by atoms with Crippen molar-refractivity contribution < 1.29 is 63.6 Å². The maximum absolute atomic E-state index is 12.2. The van der Waals surface area contributed by atoms with Gasteiger partial charge in [0.15, 0.2) is 6.29 Å². The van der Waals surface area contributed by atoms with Gasteiger partial charge in [-0.3, -0.25) is 9.59 Å². The summed E-state index contributed by atoms with van der Waals surface area (Å²) < 4.78 is 26.3. The maximum Gasteiger partial charge on any atom is 0.337 e. The summed E-state index contributed by atoms with van der Waals surface area (Å²) in [6.07, 6.45) is -10.0. The smallest absolute Gasteiger partial charge is 0.337 e. The van der Waals surface area contributed by atoms with E-state index in [1.165, 1.54) is 6.92 Å². The molecule has 0 amide bonds. The highest BCUT2D eigenvalue weighted by Crippen LogP contribution is 2.39. The van der Waals surface area contributed by atoms with Gasteiger partial charge in [0, 0.05) is 12.8 Å². The SMILES string of the molecule is COC(=O)C1=CO[C@@H](O[C@H]2O[C@H](CO)[C@@H](O)[C@H](O)[C@@H]2O)[C@H]([C@H](C)OC(C)=O)[C@@H]1CC(=O)O. The molecule has 2 aliphatic heterocycles. The zero-order valence-corrected chi connectivity index (χ0v) is 17.7. The van der Waals surface area contributed by atoms with Crippen LogP contribution in [0, 0.1) is 11.8 Å². The summed E-state index contributed by atoms with van der Waals surface area (Å²) in [5.74, 6) is -4.98. The molecule has 0 saturated carbocycles. The predicted octanol–water partition coefficient (Wildman–Crippen LogP) is -2.13. The first kappa shape index (κ1) is 26.0. The van der Waals surface area contributed by atoms with Gasteiger partial charge in [-0.15, -0.1) is 0 Å². The first-order valence-corrected chi connectivity index (χ1v) is 9.80. The number of esters is 2. The number of carbonyl (C=O) groups excluding carboxylic acids is 2. The molecule has 0 spiro atoms. The van der Waals surface area contributed by atoms with Crippen molar-refractivity contribution in [3.05, 3.63) is 11.8 Å². The third kappa shape index (κ3) is 5.74. The van der Waals surface area contributed by atoms with Crippen molar-refractivity contribution in [2.24, 2.45) is 11.8 Å². The number of hydrogen-bond acceptors (Lipinski definition) is 12. The maximum atomic E-state index is 12.2. The van der Waals surface area contributed by atoms with Crippen molar-refractivity contribution in [2.75, 3.05) is 13.7 Å². The quantitative estimate of drug-likeness (QED) is 0.244. The summed E-state index contributed by atoms with van der Waals surface area (Å²) >= 11 is 0. The van der Waals surface area contributed by atoms with Gasteiger partial charge in [0.05, 0.1) is 37.9 Å². The van der Waals surface area contributed by atoms with E-state index < -0.39 is 85.9 Å². The van der Waals surface area contributed by atoms with Gasteiger partial charge in [0.2, 0.25) is 6.29 Å². The summed E-state index contributed by atoms with van der Waals surface area (Å²) in [6.45, 7) is 1.88. The molecule has 1 fully saturated rings. The van der Waals surface area contributed by atoms with Crippen LogP contribution in [-0.2, 0) is 38.1 Å². The number of aliphatic carboxylic acids is 1. The van der Waals surface area contributed by atoms with Crippen LogP contribution in [0.4, 0.5) is 0 Å². The van der Waals surface area contributed by atoms with Gasteiger partial charge >= 0.3 is 17.9 Å². The lowest BCUT2D eigenvalue weighted by Gasteiger charge is -2.44. The Morgan fingerprint density at radius 3 is 2.31 bits per heavy atom. The number of carbonyl (C=O) groups is 3. The summed E-state index contributed by atoms with van der Waals surface area (Å²) in [5, 5.41) is 48.9. The first-order chi connectivity index (χ1) is 15.0. The van der Waals surface area contributed by atoms with Gasteiger partial charge in [-0.1, -0.05) is 0 Å². The van der Waals surface area contributed by atoms with Crippen LogP contribution in [0.15, 0.2) is 11.8 Å². The summed E-state index contributed by atoms with van der Waals surface area (Å²) in [6, 6.07) is 0. The van der Waals surface area contributed by atoms with Crippen molar-refractivity contribution in [3.63, 3.8) is 0 Å². The molecule has 1 saturated heterocycles. The minimum absolute atomic E-state index is 0.132. The summed E-state index contributed by atoms with van der Waals surface area (Å²) in [4.78, 5) is 35.2. The zero-order valence-electron chi connectivity index (χ0n) is 17.7. The molecule has 2 aliphatic rings. The molecule has 0 aliphatic carbocycles. The number of hydrogen-bond donors (Lipinski definition) is 5. The Balaban J connectivity index is 2.39. The van der Waals surface area contributed by atoms with Crippen LogP contribution in [0.3, 0.4) is 0 Å². The summed E-state index contributed by atoms with van der Waals surface area (Å²) in [7, 11) is 1.10. The summed E-state index contributed by atoms with van der Waals surface area (Å²) in [5.41, 5.74) is -0.132. The lowest BCUT2D eigenvalue weighted by atomic mass is 9.78. The van der Waals surface area contributed by atoms with Gasteiger partial charge in [0.25, 0.3) is 0 Å². The molecular weight excluding hydrogens is 436 g/mol. The fourth-order valence-corrected chi connectivity index (χ4v) is 3.79. The second-order valence-electron chi connectivity index (χ2n) is 7.50. The number of rotatable bonds is 8. The molecule has 182 valence electrons. The molecular formula is C19H28O13. The minimum atomic E-state index is -1.76. The van der Waals surface area contributed by atoms with Crippen LogP contribution in [0.25, 0.3) is 0 Å². The van der Waals surface area contributed by atoms with Crippen molar-refractivity contribution in [1.29, 1.82) is 0 Å². The number of aliphatic hydroxyl groups is 4. The number of aliphatic hydroxyl groups excluding tert-OH is 4. The lowest BCUT2D eigenvalue weighted by molar-refractivity contribution is -0.345. The van der Waals surface area contributed by atoms with Gasteiger partial charge < -0.3 is 49.2 Å². The van der Waals surface area contributed by atoms with Crippen LogP contribution < -0.4 is 0 Å². The highest BCUT2D eigenvalue weighted by molar-refractivity contribution is 5.89. The van der Waals surface area contributed by atoms with Crippen molar-refractivity contribution >= 4 is 17.9 Å². The third-order valence-electron chi connectivity index (χ3n) is 5.33. The molecule has 5 N–H and O–H groups in total. The molecule has 0 unspecified atom stereocenters. The fraction of sp³-hybridized carbons (Fsp3) is 0.737. The Morgan fingerprint density at radius 1 is 1.12 bits per heavy atom. The molecule has 2 heterocycles. The lowest BCUT2D eigenvalue weighted by Crippen LogP contribution is -2.60. The third-order valence-corrected chi connectivity index (χ3v) is 5.33. The first-order valence-electron chi connectivity index (χ1n) is 9.80. The number of carboxylic acid groups (broad SMARTS) is 1. The molecule has 2 rings (SSSR count). The molecule has 13 nitrogen and oxygen atoms in total. The van der Waals surface area contributed by atoms with E-state index in [1.54, 1.807) is 0 Å². The Labute approximate surface area is 183 Å². The molecule has 0 bridgehead atoms. The standard InChI is InChI=1S/C19H28O13/c1-7(30-8(2)21)13-9(4-12(22)23)10(17(27)28-3)6-29-18(13)32-19-16(26)15(25)14(24)11(5-20)31-19/h6-7,9,11,13-16,18-20,24-26H,4-5H2,1-3H3,(H,22,23)/t7-,9+,11+,13+,14+,15-,16-,18-,19+/m0/s1. The van der Waals surface area contributed by atoms with Crippen LogP contribution in [0.1, 0.15) is 20.3 Å². The number of methoxy groups -OCH3 is 1. The molecule has 0 aromatic rings. The highest BCUT2D eigenvalue weighted by Gasteiger charge is 2.50. The largest absolute Gasteiger partial charge is 0.481 e. The number of carboxylic acids is 1. The van der Waals surface area contributed by atoms with E-state index in [1.807, 2.05) is 0 Å². The highest BCUT2D eigenvalue weighted by atomic mass is 16.8. The van der Waals surface area contributed by atoms with E-state index in [2.05, 4.69) is 4.74 Å². The monoisotopic (exact) mass is 464 g/mol. The molecule has 13 heteroatoms. The van der Waals surface area contributed by atoms with Crippen molar-refractivity contribution in [2.45, 2.75) is 63.4 Å². The molecule has 9 atom stereocenters. The Morgan fingerprint density at radius 2 is 1.78 bits per heavy atom. The molecule has 0 aromatic carbocycles. The molecule has 0 radical (unpaired) electrons. The van der Waals surface area contributed by atoms with Gasteiger partial charge in [-0.25, -0.2) is 4.79 Å². The van der Waals surface area contributed by atoms with Crippen LogP contribution in [-0.4, -0.2) is 100 Å². The van der Waals surface area contributed by atoms with E-state index in [9.17, 15) is 39.9 Å². The topological polar surface area (TPSA) is 199 Å². The van der Waals surface area contributed by atoms with E-state index in [4.69, 9.17) is 18.9 Å². The Kier molecular flexibility index (Phi) is 8.95. The number of ether oxygens (including phenoxy) is 5. The van der Waals surface area contributed by atoms with E-state index >= 15 is 0 Å². The fourth-order valence-electron chi connectivity index (χ4n) is 3.79. The average molecular weight is 464 g/mol. The van der Waals surface area contributed by atoms with Crippen LogP contribution in [0.2, 0.25) is 0 Å². The van der Waals surface area contributed by atoms with E-state index in [-0.39, 0.29) is 5.57 Å². The predicted molar refractivity (Wildman–Crippen MR) is 100 cm³/mol. The van der Waals surface area contributed by atoms with Gasteiger partial charge in [0.1, 0.15) is 30.5 Å². The van der Waals surface area contributed by atoms with Gasteiger partial charge in [-0.05, 0) is 6.92 Å². The Bertz CT molecular complexity index is 720. The minimum Gasteiger partial charge on any atom is -0.481 e. The van der Waals surface area contributed by atoms with Gasteiger partial charge in [-0.2, -0.15) is 0 Å². The van der Waals surface area contributed by atoms with E-state index in [0.717, 1.165) is 20.3 Å². The van der Waals surface area contributed by atoms with Crippen LogP contribution >= 0.6 is 0 Å². The van der Waals surface area contributed by atoms with Crippen molar-refractivity contribution in [1.82, 2.24) is 0 Å².